The van der Waals surface area contributed by atoms with Crippen LogP contribution in [0.4, 0.5) is 0 Å². The average Bonchev–Trinajstić information content (AvgIpc) is 2.77. The van der Waals surface area contributed by atoms with Gasteiger partial charge in [0, 0.05) is 19.5 Å². The van der Waals surface area contributed by atoms with Crippen molar-refractivity contribution in [2.45, 2.75) is 64.0 Å². The van der Waals surface area contributed by atoms with Crippen LogP contribution in [-0.4, -0.2) is 55.2 Å². The summed E-state index contributed by atoms with van der Waals surface area (Å²) >= 11 is 0. The van der Waals surface area contributed by atoms with Crippen molar-refractivity contribution in [3.8, 4) is 0 Å². The first-order valence-corrected chi connectivity index (χ1v) is 12.6. The molecule has 0 aliphatic carbocycles. The van der Waals surface area contributed by atoms with Gasteiger partial charge >= 0.3 is 0 Å². The van der Waals surface area contributed by atoms with Gasteiger partial charge in [0.15, 0.2) is 8.32 Å². The number of β-lactam (4-membered cyclic amide) rings is 1. The van der Waals surface area contributed by atoms with Gasteiger partial charge in [0.25, 0.3) is 11.8 Å². The lowest BCUT2D eigenvalue weighted by molar-refractivity contribution is -0.167. The van der Waals surface area contributed by atoms with Crippen LogP contribution in [0.15, 0.2) is 30.3 Å². The minimum absolute atomic E-state index is 0.0181. The lowest BCUT2D eigenvalue weighted by Gasteiger charge is -2.52. The second-order valence-corrected chi connectivity index (χ2v) is 14.3. The predicted molar refractivity (Wildman–Crippen MR) is 109 cm³/mol. The summed E-state index contributed by atoms with van der Waals surface area (Å²) in [7, 11) is -0.351. The van der Waals surface area contributed by atoms with E-state index in [9.17, 15) is 9.59 Å². The Bertz CT molecular complexity index is 744. The largest absolute Gasteiger partial charge is 0.405 e. The minimum atomic E-state index is -2.11. The van der Waals surface area contributed by atoms with Gasteiger partial charge in [-0.05, 0) is 23.7 Å². The number of likely N-dealkylation sites (tertiary alicyclic amines) is 2. The van der Waals surface area contributed by atoms with Crippen molar-refractivity contribution in [2.75, 3.05) is 13.6 Å². The summed E-state index contributed by atoms with van der Waals surface area (Å²) in [4.78, 5) is 29.6. The van der Waals surface area contributed by atoms with Gasteiger partial charge in [-0.1, -0.05) is 58.0 Å². The van der Waals surface area contributed by atoms with E-state index in [1.807, 2.05) is 42.2 Å². The van der Waals surface area contributed by atoms with E-state index < -0.39 is 20.0 Å². The number of rotatable bonds is 4. The number of carbonyl (C=O) groups is 2. The molecular weight excluding hydrogens is 356 g/mol. The molecule has 148 valence electrons. The van der Waals surface area contributed by atoms with Crippen molar-refractivity contribution < 1.29 is 14.0 Å². The van der Waals surface area contributed by atoms with E-state index >= 15 is 0 Å². The smallest absolute Gasteiger partial charge is 0.251 e. The van der Waals surface area contributed by atoms with Gasteiger partial charge in [-0.25, -0.2) is 0 Å². The van der Waals surface area contributed by atoms with Crippen LogP contribution in [0.3, 0.4) is 0 Å². The van der Waals surface area contributed by atoms with Gasteiger partial charge in [-0.2, -0.15) is 0 Å². The number of benzene rings is 1. The lowest BCUT2D eigenvalue weighted by Crippen LogP contribution is -2.73. The van der Waals surface area contributed by atoms with Gasteiger partial charge in [0.2, 0.25) is 0 Å². The highest BCUT2D eigenvalue weighted by molar-refractivity contribution is 6.74. The molecule has 2 amide bonds. The molecule has 2 fully saturated rings. The maximum Gasteiger partial charge on any atom is 0.251 e. The van der Waals surface area contributed by atoms with E-state index in [0.29, 0.717) is 13.1 Å². The zero-order valence-corrected chi connectivity index (χ0v) is 18.6. The lowest BCUT2D eigenvalue weighted by atomic mass is 9.77. The maximum absolute atomic E-state index is 13.2. The summed E-state index contributed by atoms with van der Waals surface area (Å²) in [6.07, 6.45) is -0.529. The Balaban J connectivity index is 1.78. The van der Waals surface area contributed by atoms with E-state index in [2.05, 4.69) is 33.9 Å². The van der Waals surface area contributed by atoms with Crippen molar-refractivity contribution in [1.82, 2.24) is 9.80 Å². The molecule has 2 heterocycles. The number of nitrogens with zero attached hydrogens (tertiary/aromatic N) is 2. The predicted octanol–water partition coefficient (Wildman–Crippen LogP) is 3.27. The van der Waals surface area contributed by atoms with Gasteiger partial charge in [0.1, 0.15) is 11.6 Å². The topological polar surface area (TPSA) is 49.9 Å². The number of hydrogen-bond donors (Lipinski definition) is 0. The number of carbonyl (C=O) groups excluding carboxylic acids is 2. The number of amides is 2. The molecule has 3 atom stereocenters. The Labute approximate surface area is 163 Å². The molecule has 0 N–H and O–H groups in total. The highest BCUT2D eigenvalue weighted by Gasteiger charge is 2.67. The fourth-order valence-electron chi connectivity index (χ4n) is 3.94. The number of hydrogen-bond acceptors (Lipinski definition) is 3. The van der Waals surface area contributed by atoms with Crippen LogP contribution >= 0.6 is 0 Å². The Kier molecular flexibility index (Phi) is 4.80. The number of likely N-dealkylation sites (N-methyl/N-ethyl adjacent to an activating group) is 1. The molecule has 3 unspecified atom stereocenters. The van der Waals surface area contributed by atoms with Crippen molar-refractivity contribution in [3.05, 3.63) is 35.9 Å². The quantitative estimate of drug-likeness (QED) is 0.588. The fraction of sp³-hybridized carbons (Fsp3) is 0.619. The van der Waals surface area contributed by atoms with Crippen molar-refractivity contribution in [1.29, 1.82) is 0 Å². The molecule has 5 nitrogen and oxygen atoms in total. The molecular formula is C21H32N2O3Si. The maximum atomic E-state index is 13.2. The van der Waals surface area contributed by atoms with Crippen molar-refractivity contribution >= 4 is 20.1 Å². The van der Waals surface area contributed by atoms with Crippen LogP contribution in [0.5, 0.6) is 0 Å². The summed E-state index contributed by atoms with van der Waals surface area (Å²) in [5.74, 6) is -0.167. The third-order valence-electron chi connectivity index (χ3n) is 6.91. The molecule has 0 radical (unpaired) electrons. The van der Waals surface area contributed by atoms with Gasteiger partial charge in [-0.3, -0.25) is 9.59 Å². The molecule has 1 spiro atoms. The molecule has 27 heavy (non-hydrogen) atoms. The summed E-state index contributed by atoms with van der Waals surface area (Å²) in [5, 5.41) is 0.0181. The first kappa shape index (κ1) is 20.1. The fourth-order valence-corrected chi connectivity index (χ4v) is 5.23. The normalized spacial score (nSPS) is 28.9. The highest BCUT2D eigenvalue weighted by Crippen LogP contribution is 2.47. The summed E-state index contributed by atoms with van der Waals surface area (Å²) in [6.45, 7) is 14.0. The SMILES string of the molecule is CC1C(O[Si](C)(C)C(C)(C)C)C(=O)N(C)C12CN(Cc1ccccc1)C2=O. The third-order valence-corrected chi connectivity index (χ3v) is 11.4. The standard InChI is InChI=1S/C21H32N2O3Si/c1-15-17(26-27(6,7)20(2,3)4)18(24)22(5)21(15)14-23(19(21)25)13-16-11-9-8-10-12-16/h8-12,15,17H,13-14H2,1-7H3. The molecule has 6 heteroatoms. The Morgan fingerprint density at radius 3 is 2.30 bits per heavy atom. The molecule has 0 bridgehead atoms. The molecule has 2 aliphatic heterocycles. The van der Waals surface area contributed by atoms with Crippen LogP contribution in [0.25, 0.3) is 0 Å². The van der Waals surface area contributed by atoms with Crippen molar-refractivity contribution in [2.24, 2.45) is 5.92 Å². The first-order chi connectivity index (χ1) is 12.4. The van der Waals surface area contributed by atoms with E-state index in [0.717, 1.165) is 5.56 Å². The van der Waals surface area contributed by atoms with E-state index in [4.69, 9.17) is 4.43 Å². The highest BCUT2D eigenvalue weighted by atomic mass is 28.4. The van der Waals surface area contributed by atoms with Crippen LogP contribution in [0.2, 0.25) is 18.1 Å². The minimum Gasteiger partial charge on any atom is -0.405 e. The Morgan fingerprint density at radius 1 is 1.19 bits per heavy atom. The summed E-state index contributed by atoms with van der Waals surface area (Å²) in [5.41, 5.74) is 0.355. The first-order valence-electron chi connectivity index (χ1n) is 9.70. The molecule has 1 aromatic carbocycles. The van der Waals surface area contributed by atoms with E-state index in [1.165, 1.54) is 0 Å². The Hall–Kier alpha value is -1.66. The third kappa shape index (κ3) is 3.03. The second kappa shape index (κ2) is 6.45. The van der Waals surface area contributed by atoms with Crippen LogP contribution < -0.4 is 0 Å². The zero-order chi connectivity index (χ0) is 20.2. The average molecular weight is 389 g/mol. The van der Waals surface area contributed by atoms with Crippen LogP contribution in [0.1, 0.15) is 33.3 Å². The van der Waals surface area contributed by atoms with Crippen molar-refractivity contribution in [3.63, 3.8) is 0 Å². The summed E-state index contributed by atoms with van der Waals surface area (Å²) < 4.78 is 6.47. The van der Waals surface area contributed by atoms with Gasteiger partial charge < -0.3 is 14.2 Å². The Morgan fingerprint density at radius 2 is 1.78 bits per heavy atom. The van der Waals surface area contributed by atoms with Gasteiger partial charge in [0.05, 0.1) is 6.54 Å². The van der Waals surface area contributed by atoms with Crippen LogP contribution in [-0.2, 0) is 20.6 Å². The molecule has 3 rings (SSSR count). The molecule has 0 saturated carbocycles. The molecule has 2 saturated heterocycles. The second-order valence-electron chi connectivity index (χ2n) is 9.56. The van der Waals surface area contributed by atoms with Crippen LogP contribution in [0, 0.1) is 5.92 Å². The monoisotopic (exact) mass is 388 g/mol. The van der Waals surface area contributed by atoms with Gasteiger partial charge in [-0.15, -0.1) is 0 Å². The zero-order valence-electron chi connectivity index (χ0n) is 17.6. The molecule has 1 aromatic rings. The van der Waals surface area contributed by atoms with E-state index in [-0.39, 0.29) is 22.8 Å². The molecule has 0 aromatic heterocycles. The van der Waals surface area contributed by atoms with E-state index in [1.54, 1.807) is 11.9 Å². The summed E-state index contributed by atoms with van der Waals surface area (Å²) in [6, 6.07) is 9.97. The molecule has 2 aliphatic rings.